The molecule has 41 heavy (non-hydrogen) atoms. The maximum absolute atomic E-state index is 13.7. The molecule has 4 aromatic rings. The Morgan fingerprint density at radius 2 is 1.85 bits per heavy atom. The van der Waals surface area contributed by atoms with Crippen LogP contribution in [0.1, 0.15) is 61.1 Å². The van der Waals surface area contributed by atoms with Gasteiger partial charge in [0.2, 0.25) is 0 Å². The van der Waals surface area contributed by atoms with Crippen LogP contribution in [0.5, 0.6) is 5.75 Å². The SMILES string of the molecule is COc1ccc2[nH]cc(CCNC(=O)c3cnn(-c4ccc(F)cc4)c3C3CCN(C(=O)OC(C)(C)C)CC3)c2c1. The van der Waals surface area contributed by atoms with Crippen molar-refractivity contribution in [1.29, 1.82) is 0 Å². The van der Waals surface area contributed by atoms with Gasteiger partial charge in [0.05, 0.1) is 30.3 Å². The molecule has 5 rings (SSSR count). The highest BCUT2D eigenvalue weighted by atomic mass is 19.1. The second-order valence-electron chi connectivity index (χ2n) is 11.3. The third kappa shape index (κ3) is 6.37. The number of aromatic amines is 1. The average Bonchev–Trinajstić information content (AvgIpc) is 3.57. The Bertz CT molecular complexity index is 1530. The highest BCUT2D eigenvalue weighted by molar-refractivity contribution is 5.95. The Balaban J connectivity index is 1.33. The van der Waals surface area contributed by atoms with Gasteiger partial charge < -0.3 is 24.7 Å². The maximum Gasteiger partial charge on any atom is 0.410 e. The van der Waals surface area contributed by atoms with E-state index in [1.807, 2.05) is 45.2 Å². The molecule has 9 nitrogen and oxygen atoms in total. The zero-order valence-electron chi connectivity index (χ0n) is 23.9. The number of hydrogen-bond donors (Lipinski definition) is 2. The van der Waals surface area contributed by atoms with Crippen LogP contribution in [0.15, 0.2) is 54.9 Å². The number of benzene rings is 2. The summed E-state index contributed by atoms with van der Waals surface area (Å²) in [7, 11) is 1.64. The molecule has 10 heteroatoms. The van der Waals surface area contributed by atoms with E-state index in [-0.39, 0.29) is 23.7 Å². The minimum absolute atomic E-state index is 0.0249. The Hall–Kier alpha value is -4.34. The molecule has 2 aromatic heterocycles. The smallest absolute Gasteiger partial charge is 0.410 e. The number of carbonyl (C=O) groups excluding carboxylic acids is 2. The maximum atomic E-state index is 13.7. The van der Waals surface area contributed by atoms with E-state index < -0.39 is 5.60 Å². The first kappa shape index (κ1) is 28.2. The van der Waals surface area contributed by atoms with Crippen molar-refractivity contribution >= 4 is 22.9 Å². The molecule has 0 saturated carbocycles. The predicted molar refractivity (Wildman–Crippen MR) is 154 cm³/mol. The average molecular weight is 562 g/mol. The van der Waals surface area contributed by atoms with E-state index >= 15 is 0 Å². The topological polar surface area (TPSA) is 101 Å². The van der Waals surface area contributed by atoms with E-state index in [2.05, 4.69) is 15.4 Å². The minimum Gasteiger partial charge on any atom is -0.497 e. The molecule has 3 heterocycles. The molecule has 0 unspecified atom stereocenters. The van der Waals surface area contributed by atoms with Crippen LogP contribution in [-0.2, 0) is 11.2 Å². The molecule has 216 valence electrons. The van der Waals surface area contributed by atoms with E-state index in [1.54, 1.807) is 35.0 Å². The third-order valence-electron chi connectivity index (χ3n) is 7.31. The molecule has 1 aliphatic heterocycles. The van der Waals surface area contributed by atoms with Crippen molar-refractivity contribution in [2.75, 3.05) is 26.7 Å². The molecule has 2 amide bonds. The summed E-state index contributed by atoms with van der Waals surface area (Å²) < 4.78 is 26.3. The molecule has 0 aliphatic carbocycles. The van der Waals surface area contributed by atoms with E-state index in [0.717, 1.165) is 27.9 Å². The molecule has 2 N–H and O–H groups in total. The van der Waals surface area contributed by atoms with Gasteiger partial charge in [-0.2, -0.15) is 5.10 Å². The Morgan fingerprint density at radius 1 is 1.12 bits per heavy atom. The van der Waals surface area contributed by atoms with Crippen molar-refractivity contribution in [3.05, 3.63) is 77.5 Å². The van der Waals surface area contributed by atoms with E-state index in [1.165, 1.54) is 12.1 Å². The summed E-state index contributed by atoms with van der Waals surface area (Å²) in [5, 5.41) is 8.65. The first-order valence-corrected chi connectivity index (χ1v) is 13.9. The summed E-state index contributed by atoms with van der Waals surface area (Å²) >= 11 is 0. The minimum atomic E-state index is -0.570. The molecule has 1 aliphatic rings. The standard InChI is InChI=1S/C31H36FN5O4/c1-31(2,3)41-30(39)36-15-12-20(13-16-36)28-26(19-35-37(28)23-7-5-22(32)6-8-23)29(38)33-14-11-21-18-34-27-10-9-24(40-4)17-25(21)27/h5-10,17-20,34H,11-16H2,1-4H3,(H,33,38). The van der Waals surface area contributed by atoms with Gasteiger partial charge in [-0.05, 0) is 88.1 Å². The summed E-state index contributed by atoms with van der Waals surface area (Å²) in [6.45, 7) is 6.97. The van der Waals surface area contributed by atoms with Crippen LogP contribution < -0.4 is 10.1 Å². The van der Waals surface area contributed by atoms with Crippen LogP contribution in [0.25, 0.3) is 16.6 Å². The number of piperidine rings is 1. The zero-order chi connectivity index (χ0) is 29.1. The summed E-state index contributed by atoms with van der Waals surface area (Å²) in [5.41, 5.74) is 3.42. The normalized spacial score (nSPS) is 14.3. The largest absolute Gasteiger partial charge is 0.497 e. The highest BCUT2D eigenvalue weighted by Crippen LogP contribution is 2.33. The number of rotatable bonds is 7. The van der Waals surface area contributed by atoms with Gasteiger partial charge in [0, 0.05) is 42.7 Å². The number of nitrogens with one attached hydrogen (secondary N) is 2. The quantitative estimate of drug-likeness (QED) is 0.306. The first-order chi connectivity index (χ1) is 19.6. The Labute approximate surface area is 238 Å². The Kier molecular flexibility index (Phi) is 8.01. The van der Waals surface area contributed by atoms with Crippen molar-refractivity contribution < 1.29 is 23.5 Å². The number of likely N-dealkylation sites (tertiary alicyclic amines) is 1. The molecule has 0 spiro atoms. The number of hydrogen-bond acceptors (Lipinski definition) is 5. The molecule has 0 radical (unpaired) electrons. The van der Waals surface area contributed by atoms with Gasteiger partial charge in [-0.1, -0.05) is 0 Å². The van der Waals surface area contributed by atoms with Crippen molar-refractivity contribution in [2.45, 2.75) is 51.6 Å². The summed E-state index contributed by atoms with van der Waals surface area (Å²) in [6.07, 6.45) is 5.11. The summed E-state index contributed by atoms with van der Waals surface area (Å²) in [6, 6.07) is 11.9. The van der Waals surface area contributed by atoms with Gasteiger partial charge in [-0.25, -0.2) is 13.9 Å². The lowest BCUT2D eigenvalue weighted by atomic mass is 9.91. The number of carbonyl (C=O) groups is 2. The number of aromatic nitrogens is 3. The van der Waals surface area contributed by atoms with Gasteiger partial charge in [0.1, 0.15) is 17.2 Å². The van der Waals surface area contributed by atoms with Gasteiger partial charge in [-0.3, -0.25) is 4.79 Å². The van der Waals surface area contributed by atoms with Crippen molar-refractivity contribution in [3.8, 4) is 11.4 Å². The molecule has 1 saturated heterocycles. The number of halogens is 1. The fourth-order valence-corrected chi connectivity index (χ4v) is 5.27. The Morgan fingerprint density at radius 3 is 2.54 bits per heavy atom. The molecule has 0 atom stereocenters. The second kappa shape index (κ2) is 11.6. The predicted octanol–water partition coefficient (Wildman–Crippen LogP) is 5.59. The number of H-pyrrole nitrogens is 1. The zero-order valence-corrected chi connectivity index (χ0v) is 23.9. The number of methoxy groups -OCH3 is 1. The van der Waals surface area contributed by atoms with Crippen molar-refractivity contribution in [3.63, 3.8) is 0 Å². The van der Waals surface area contributed by atoms with Crippen LogP contribution in [0, 0.1) is 5.82 Å². The van der Waals surface area contributed by atoms with Crippen LogP contribution >= 0.6 is 0 Å². The molecular weight excluding hydrogens is 525 g/mol. The highest BCUT2D eigenvalue weighted by Gasteiger charge is 2.32. The molecular formula is C31H36FN5O4. The summed E-state index contributed by atoms with van der Waals surface area (Å²) in [5.74, 6) is 0.183. The summed E-state index contributed by atoms with van der Waals surface area (Å²) in [4.78, 5) is 31.1. The first-order valence-electron chi connectivity index (χ1n) is 13.9. The fraction of sp³-hybridized carbons (Fsp3) is 0.387. The lowest BCUT2D eigenvalue weighted by molar-refractivity contribution is 0.0203. The van der Waals surface area contributed by atoms with Gasteiger partial charge >= 0.3 is 6.09 Å². The van der Waals surface area contributed by atoms with Gasteiger partial charge in [-0.15, -0.1) is 0 Å². The van der Waals surface area contributed by atoms with E-state index in [0.29, 0.717) is 50.1 Å². The number of nitrogens with zero attached hydrogens (tertiary/aromatic N) is 3. The van der Waals surface area contributed by atoms with Crippen LogP contribution in [0.3, 0.4) is 0 Å². The van der Waals surface area contributed by atoms with Crippen LogP contribution in [-0.4, -0.2) is 64.0 Å². The van der Waals surface area contributed by atoms with Crippen molar-refractivity contribution in [1.82, 2.24) is 25.0 Å². The van der Waals surface area contributed by atoms with Crippen LogP contribution in [0.4, 0.5) is 9.18 Å². The molecule has 2 aromatic carbocycles. The number of ether oxygens (including phenoxy) is 2. The van der Waals surface area contributed by atoms with E-state index in [9.17, 15) is 14.0 Å². The lowest BCUT2D eigenvalue weighted by Crippen LogP contribution is -2.41. The number of fused-ring (bicyclic) bond motifs is 1. The van der Waals surface area contributed by atoms with Crippen molar-refractivity contribution in [2.24, 2.45) is 0 Å². The molecule has 0 bridgehead atoms. The monoisotopic (exact) mass is 561 g/mol. The van der Waals surface area contributed by atoms with Gasteiger partial charge in [0.15, 0.2) is 0 Å². The van der Waals surface area contributed by atoms with Crippen LogP contribution in [0.2, 0.25) is 0 Å². The lowest BCUT2D eigenvalue weighted by Gasteiger charge is -2.34. The second-order valence-corrected chi connectivity index (χ2v) is 11.3. The molecule has 1 fully saturated rings. The van der Waals surface area contributed by atoms with E-state index in [4.69, 9.17) is 9.47 Å². The fourth-order valence-electron chi connectivity index (χ4n) is 5.27. The van der Waals surface area contributed by atoms with Gasteiger partial charge in [0.25, 0.3) is 5.91 Å². The number of amides is 2. The third-order valence-corrected chi connectivity index (χ3v) is 7.31.